The van der Waals surface area contributed by atoms with Crippen LogP contribution in [0.4, 0.5) is 5.69 Å². The van der Waals surface area contributed by atoms with E-state index < -0.39 is 0 Å². The minimum absolute atomic E-state index is 0.512. The average molecular weight is 524 g/mol. The van der Waals surface area contributed by atoms with Crippen LogP contribution in [-0.4, -0.2) is 6.21 Å². The molecule has 0 heterocycles. The SMILES string of the molecule is Brc1ccc(COc2ccc(C=Nc3ccccc3Br)cc2)c(Br)c1. The Morgan fingerprint density at radius 1 is 0.840 bits per heavy atom. The van der Waals surface area contributed by atoms with Gasteiger partial charge in [0, 0.05) is 25.2 Å². The normalized spacial score (nSPS) is 11.0. The summed E-state index contributed by atoms with van der Waals surface area (Å²) >= 11 is 10.5. The van der Waals surface area contributed by atoms with E-state index in [0.29, 0.717) is 6.61 Å². The second kappa shape index (κ2) is 8.79. The predicted octanol–water partition coefficient (Wildman–Crippen LogP) is 7.30. The topological polar surface area (TPSA) is 21.6 Å². The van der Waals surface area contributed by atoms with Crippen LogP contribution in [0.1, 0.15) is 11.1 Å². The van der Waals surface area contributed by atoms with Gasteiger partial charge in [-0.2, -0.15) is 0 Å². The monoisotopic (exact) mass is 521 g/mol. The Bertz CT molecular complexity index is 892. The summed E-state index contributed by atoms with van der Waals surface area (Å²) in [7, 11) is 0. The fourth-order valence-electron chi connectivity index (χ4n) is 2.15. The van der Waals surface area contributed by atoms with Crippen LogP contribution in [0.25, 0.3) is 0 Å². The molecule has 5 heteroatoms. The van der Waals surface area contributed by atoms with Gasteiger partial charge >= 0.3 is 0 Å². The lowest BCUT2D eigenvalue weighted by molar-refractivity contribution is 0.305. The summed E-state index contributed by atoms with van der Waals surface area (Å²) < 4.78 is 8.90. The molecule has 0 spiro atoms. The van der Waals surface area contributed by atoms with Gasteiger partial charge in [0.1, 0.15) is 12.4 Å². The summed E-state index contributed by atoms with van der Waals surface area (Å²) in [6.07, 6.45) is 1.84. The molecule has 0 saturated heterocycles. The van der Waals surface area contributed by atoms with Gasteiger partial charge in [-0.15, -0.1) is 0 Å². The minimum atomic E-state index is 0.512. The van der Waals surface area contributed by atoms with Gasteiger partial charge in [-0.1, -0.05) is 50.1 Å². The molecule has 0 N–H and O–H groups in total. The third-order valence-electron chi connectivity index (χ3n) is 3.49. The summed E-state index contributed by atoms with van der Waals surface area (Å²) in [6, 6.07) is 21.8. The Hall–Kier alpha value is -1.43. The van der Waals surface area contributed by atoms with Crippen molar-refractivity contribution in [3.63, 3.8) is 0 Å². The van der Waals surface area contributed by atoms with Crippen LogP contribution in [0, 0.1) is 0 Å². The molecule has 0 radical (unpaired) electrons. The van der Waals surface area contributed by atoms with Crippen LogP contribution >= 0.6 is 47.8 Å². The van der Waals surface area contributed by atoms with E-state index in [0.717, 1.165) is 36.0 Å². The molecule has 0 atom stereocenters. The first-order chi connectivity index (χ1) is 12.1. The molecule has 126 valence electrons. The molecule has 2 nitrogen and oxygen atoms in total. The van der Waals surface area contributed by atoms with Crippen molar-refractivity contribution in [1.82, 2.24) is 0 Å². The van der Waals surface area contributed by atoms with Gasteiger partial charge in [0.15, 0.2) is 0 Å². The van der Waals surface area contributed by atoms with Crippen molar-refractivity contribution >= 4 is 59.7 Å². The van der Waals surface area contributed by atoms with Crippen LogP contribution in [0.2, 0.25) is 0 Å². The zero-order valence-corrected chi connectivity index (χ0v) is 17.9. The van der Waals surface area contributed by atoms with Crippen molar-refractivity contribution < 1.29 is 4.74 Å². The van der Waals surface area contributed by atoms with E-state index in [1.54, 1.807) is 0 Å². The Labute approximate surface area is 172 Å². The molecule has 3 rings (SSSR count). The van der Waals surface area contributed by atoms with Crippen LogP contribution in [-0.2, 0) is 6.61 Å². The summed E-state index contributed by atoms with van der Waals surface area (Å²) in [5.41, 5.74) is 3.03. The smallest absolute Gasteiger partial charge is 0.119 e. The maximum absolute atomic E-state index is 5.85. The van der Waals surface area contributed by atoms with Gasteiger partial charge in [0.2, 0.25) is 0 Å². The third kappa shape index (κ3) is 5.27. The molecular weight excluding hydrogens is 510 g/mol. The van der Waals surface area contributed by atoms with Crippen LogP contribution < -0.4 is 4.74 Å². The van der Waals surface area contributed by atoms with Gasteiger partial charge in [-0.3, -0.25) is 4.99 Å². The lowest BCUT2D eigenvalue weighted by atomic mass is 10.2. The van der Waals surface area contributed by atoms with E-state index in [1.165, 1.54) is 0 Å². The summed E-state index contributed by atoms with van der Waals surface area (Å²) in [6.45, 7) is 0.512. The highest BCUT2D eigenvalue weighted by molar-refractivity contribution is 9.11. The van der Waals surface area contributed by atoms with E-state index >= 15 is 0 Å². The Morgan fingerprint density at radius 3 is 2.32 bits per heavy atom. The molecule has 0 unspecified atom stereocenters. The van der Waals surface area contributed by atoms with Gasteiger partial charge in [-0.05, 0) is 70.0 Å². The van der Waals surface area contributed by atoms with Crippen molar-refractivity contribution in [2.45, 2.75) is 6.61 Å². The fraction of sp³-hybridized carbons (Fsp3) is 0.0500. The van der Waals surface area contributed by atoms with Gasteiger partial charge in [-0.25, -0.2) is 0 Å². The number of halogens is 3. The van der Waals surface area contributed by atoms with E-state index in [-0.39, 0.29) is 0 Å². The second-order valence-electron chi connectivity index (χ2n) is 5.30. The Balaban J connectivity index is 1.63. The number of para-hydroxylation sites is 1. The molecule has 0 aliphatic carbocycles. The quantitative estimate of drug-likeness (QED) is 0.321. The lowest BCUT2D eigenvalue weighted by Crippen LogP contribution is -1.96. The molecule has 3 aromatic rings. The minimum Gasteiger partial charge on any atom is -0.489 e. The predicted molar refractivity (Wildman–Crippen MR) is 114 cm³/mol. The fourth-order valence-corrected chi connectivity index (χ4v) is 3.70. The van der Waals surface area contributed by atoms with Crippen molar-refractivity contribution in [2.24, 2.45) is 4.99 Å². The number of rotatable bonds is 5. The maximum Gasteiger partial charge on any atom is 0.119 e. The maximum atomic E-state index is 5.85. The first kappa shape index (κ1) is 18.4. The Morgan fingerprint density at radius 2 is 1.60 bits per heavy atom. The molecule has 0 bridgehead atoms. The van der Waals surface area contributed by atoms with E-state index in [2.05, 4.69) is 52.8 Å². The molecule has 0 aliphatic rings. The number of hydrogen-bond acceptors (Lipinski definition) is 2. The largest absolute Gasteiger partial charge is 0.489 e. The number of nitrogens with zero attached hydrogens (tertiary/aromatic N) is 1. The molecule has 3 aromatic carbocycles. The van der Waals surface area contributed by atoms with Gasteiger partial charge in [0.05, 0.1) is 5.69 Å². The van der Waals surface area contributed by atoms with Crippen molar-refractivity contribution in [2.75, 3.05) is 0 Å². The summed E-state index contributed by atoms with van der Waals surface area (Å²) in [5, 5.41) is 0. The molecule has 0 aliphatic heterocycles. The average Bonchev–Trinajstić information content (AvgIpc) is 2.61. The van der Waals surface area contributed by atoms with Crippen LogP contribution in [0.15, 0.2) is 85.1 Å². The lowest BCUT2D eigenvalue weighted by Gasteiger charge is -2.08. The number of aliphatic imine (C=N–C) groups is 1. The molecule has 0 amide bonds. The molecule has 0 saturated carbocycles. The zero-order valence-electron chi connectivity index (χ0n) is 13.1. The first-order valence-electron chi connectivity index (χ1n) is 7.57. The number of benzene rings is 3. The van der Waals surface area contributed by atoms with E-state index in [1.807, 2.05) is 72.9 Å². The zero-order chi connectivity index (χ0) is 17.6. The van der Waals surface area contributed by atoms with Gasteiger partial charge < -0.3 is 4.74 Å². The highest BCUT2D eigenvalue weighted by Gasteiger charge is 2.02. The van der Waals surface area contributed by atoms with E-state index in [4.69, 9.17) is 4.74 Å². The molecule has 0 aromatic heterocycles. The van der Waals surface area contributed by atoms with E-state index in [9.17, 15) is 0 Å². The van der Waals surface area contributed by atoms with Gasteiger partial charge in [0.25, 0.3) is 0 Å². The number of hydrogen-bond donors (Lipinski definition) is 0. The second-order valence-corrected chi connectivity index (χ2v) is 7.93. The molecule has 25 heavy (non-hydrogen) atoms. The summed E-state index contributed by atoms with van der Waals surface area (Å²) in [5.74, 6) is 0.827. The Kier molecular flexibility index (Phi) is 6.45. The van der Waals surface area contributed by atoms with Crippen molar-refractivity contribution in [3.8, 4) is 5.75 Å². The van der Waals surface area contributed by atoms with Crippen LogP contribution in [0.3, 0.4) is 0 Å². The third-order valence-corrected chi connectivity index (χ3v) is 5.40. The molecular formula is C20H14Br3NO. The van der Waals surface area contributed by atoms with Crippen molar-refractivity contribution in [1.29, 1.82) is 0 Å². The van der Waals surface area contributed by atoms with Crippen molar-refractivity contribution in [3.05, 3.63) is 91.3 Å². The van der Waals surface area contributed by atoms with Crippen LogP contribution in [0.5, 0.6) is 5.75 Å². The first-order valence-corrected chi connectivity index (χ1v) is 9.95. The molecule has 0 fully saturated rings. The highest BCUT2D eigenvalue weighted by Crippen LogP contribution is 2.25. The highest BCUT2D eigenvalue weighted by atomic mass is 79.9. The standard InChI is InChI=1S/C20H14Br3NO/c21-16-8-7-15(19(23)11-16)13-25-17-9-5-14(6-10-17)12-24-20-4-2-1-3-18(20)22/h1-12H,13H2. The number of ether oxygens (including phenoxy) is 1. The summed E-state index contributed by atoms with van der Waals surface area (Å²) in [4.78, 5) is 4.50.